The molecule has 1 aromatic carbocycles. The number of likely N-dealkylation sites (N-methyl/N-ethyl adjacent to an activating group) is 1. The Balaban J connectivity index is 1.84. The van der Waals surface area contributed by atoms with E-state index in [1.54, 1.807) is 20.2 Å². The van der Waals surface area contributed by atoms with Gasteiger partial charge in [-0.2, -0.15) is 0 Å². The van der Waals surface area contributed by atoms with E-state index in [2.05, 4.69) is 5.32 Å². The lowest BCUT2D eigenvalue weighted by Crippen LogP contribution is -2.57. The molecule has 204 valence electrons. The molecular weight excluding hydrogens is 492 g/mol. The van der Waals surface area contributed by atoms with Gasteiger partial charge in [-0.1, -0.05) is 6.92 Å². The Hall–Kier alpha value is -3.50. The van der Waals surface area contributed by atoms with Crippen molar-refractivity contribution in [3.05, 3.63) is 39.7 Å². The van der Waals surface area contributed by atoms with E-state index in [1.165, 1.54) is 0 Å². The van der Waals surface area contributed by atoms with Crippen molar-refractivity contribution in [2.45, 2.75) is 51.6 Å². The number of nitrogens with zero attached hydrogens (tertiary/aromatic N) is 1. The number of benzene rings is 1. The van der Waals surface area contributed by atoms with E-state index in [0.717, 1.165) is 6.92 Å². The summed E-state index contributed by atoms with van der Waals surface area (Å²) in [5.74, 6) is -5.71. The van der Waals surface area contributed by atoms with Crippen LogP contribution in [0.3, 0.4) is 0 Å². The molecule has 3 aliphatic carbocycles. The molecule has 1 saturated carbocycles. The Morgan fingerprint density at radius 2 is 1.84 bits per heavy atom. The number of carbonyl (C=O) groups excluding carboxylic acids is 4. The third-order valence-corrected chi connectivity index (χ3v) is 7.95. The summed E-state index contributed by atoms with van der Waals surface area (Å²) in [5, 5.41) is 47.8. The lowest BCUT2D eigenvalue weighted by molar-refractivity contribution is -0.147. The average molecular weight is 527 g/mol. The number of fused-ring (bicyclic) bond motifs is 3. The van der Waals surface area contributed by atoms with Crippen molar-refractivity contribution in [2.75, 3.05) is 32.1 Å². The van der Waals surface area contributed by atoms with Gasteiger partial charge in [-0.05, 0) is 55.8 Å². The number of allylic oxidation sites excluding steroid dienone is 1. The molecule has 0 unspecified atom stereocenters. The van der Waals surface area contributed by atoms with Crippen molar-refractivity contribution in [1.29, 1.82) is 0 Å². The molecule has 3 aliphatic rings. The average Bonchev–Trinajstić information content (AvgIpc) is 2.83. The van der Waals surface area contributed by atoms with Gasteiger partial charge in [-0.25, -0.2) is 0 Å². The summed E-state index contributed by atoms with van der Waals surface area (Å²) in [7, 11) is 3.61. The normalized spacial score (nSPS) is 24.7. The number of Topliss-reactive ketones (excluding diaryl/α,β-unsaturated/α-hetero) is 4. The second-order valence-electron chi connectivity index (χ2n) is 10.6. The Morgan fingerprint density at radius 1 is 1.16 bits per heavy atom. The van der Waals surface area contributed by atoms with E-state index in [1.807, 2.05) is 11.8 Å². The summed E-state index contributed by atoms with van der Waals surface area (Å²) >= 11 is 0. The molecule has 0 radical (unpaired) electrons. The number of aromatic hydroxyl groups is 1. The van der Waals surface area contributed by atoms with Gasteiger partial charge in [0.05, 0.1) is 12.1 Å². The van der Waals surface area contributed by atoms with Gasteiger partial charge in [-0.3, -0.25) is 19.2 Å². The standard InChI is InChI=1S/C28H34N2O8/c1-5-29-12-17(32)7-6-14-10-19(30(3)4)18-9-15-8-16-11-20(33)21(13(2)31)26(36)28(16,38)27(37)22(15)25(35)23(18)24(14)34/h10,15-16,29,34-36,38H,5-9,11-12H2,1-4H3/t15-,16+,28-/m1/s1. The molecule has 1 fully saturated rings. The van der Waals surface area contributed by atoms with E-state index in [0.29, 0.717) is 23.4 Å². The van der Waals surface area contributed by atoms with Crippen molar-refractivity contribution in [3.8, 4) is 5.75 Å². The zero-order valence-corrected chi connectivity index (χ0v) is 22.1. The number of aryl methyl sites for hydroxylation is 1. The van der Waals surface area contributed by atoms with Crippen LogP contribution >= 0.6 is 0 Å². The van der Waals surface area contributed by atoms with Crippen molar-refractivity contribution >= 4 is 34.6 Å². The third kappa shape index (κ3) is 4.21. The first-order valence-corrected chi connectivity index (χ1v) is 12.8. The van der Waals surface area contributed by atoms with E-state index in [9.17, 15) is 39.6 Å². The van der Waals surface area contributed by atoms with Crippen LogP contribution in [-0.4, -0.2) is 76.3 Å². The number of rotatable bonds is 8. The highest BCUT2D eigenvalue weighted by Crippen LogP contribution is 2.53. The number of anilines is 1. The van der Waals surface area contributed by atoms with Gasteiger partial charge in [0, 0.05) is 44.1 Å². The van der Waals surface area contributed by atoms with Gasteiger partial charge >= 0.3 is 0 Å². The van der Waals surface area contributed by atoms with Crippen molar-refractivity contribution in [1.82, 2.24) is 5.32 Å². The molecule has 0 saturated heterocycles. The van der Waals surface area contributed by atoms with Crippen LogP contribution in [0, 0.1) is 11.8 Å². The zero-order valence-electron chi connectivity index (χ0n) is 22.1. The van der Waals surface area contributed by atoms with E-state index in [-0.39, 0.29) is 61.3 Å². The quantitative estimate of drug-likeness (QED) is 0.315. The lowest BCUT2D eigenvalue weighted by atomic mass is 9.59. The Morgan fingerprint density at radius 3 is 2.45 bits per heavy atom. The molecule has 5 N–H and O–H groups in total. The maximum Gasteiger partial charge on any atom is 0.202 e. The molecule has 0 heterocycles. The third-order valence-electron chi connectivity index (χ3n) is 7.95. The van der Waals surface area contributed by atoms with Crippen LogP contribution in [0.2, 0.25) is 0 Å². The number of phenolic OH excluding ortho intramolecular Hbond substituents is 1. The molecule has 0 aromatic heterocycles. The van der Waals surface area contributed by atoms with Gasteiger partial charge < -0.3 is 30.6 Å². The number of aliphatic hydroxyl groups is 3. The molecule has 0 spiro atoms. The van der Waals surface area contributed by atoms with Crippen LogP contribution in [0.5, 0.6) is 5.75 Å². The molecule has 0 amide bonds. The first-order chi connectivity index (χ1) is 17.8. The lowest BCUT2D eigenvalue weighted by Gasteiger charge is -2.46. The number of carbonyl (C=O) groups is 4. The van der Waals surface area contributed by atoms with Crippen molar-refractivity contribution in [2.24, 2.45) is 11.8 Å². The number of hydrogen-bond donors (Lipinski definition) is 5. The number of hydrogen-bond acceptors (Lipinski definition) is 10. The van der Waals surface area contributed by atoms with Crippen LogP contribution in [0.4, 0.5) is 5.69 Å². The fourth-order valence-electron chi connectivity index (χ4n) is 6.05. The molecule has 10 heteroatoms. The molecule has 0 aliphatic heterocycles. The van der Waals surface area contributed by atoms with Gasteiger partial charge in [-0.15, -0.1) is 0 Å². The van der Waals surface area contributed by atoms with Crippen LogP contribution < -0.4 is 10.2 Å². The Bertz CT molecular complexity index is 1310. The van der Waals surface area contributed by atoms with Gasteiger partial charge in [0.25, 0.3) is 0 Å². The molecular formula is C28H34N2O8. The van der Waals surface area contributed by atoms with Crippen LogP contribution in [0.25, 0.3) is 5.76 Å². The highest BCUT2D eigenvalue weighted by atomic mass is 16.3. The minimum Gasteiger partial charge on any atom is -0.508 e. The fourth-order valence-corrected chi connectivity index (χ4v) is 6.05. The minimum atomic E-state index is -2.53. The highest BCUT2D eigenvalue weighted by molar-refractivity contribution is 6.23. The maximum atomic E-state index is 13.7. The minimum absolute atomic E-state index is 0.0379. The van der Waals surface area contributed by atoms with E-state index >= 15 is 0 Å². The first-order valence-electron chi connectivity index (χ1n) is 12.8. The summed E-state index contributed by atoms with van der Waals surface area (Å²) in [4.78, 5) is 52.4. The smallest absolute Gasteiger partial charge is 0.202 e. The predicted molar refractivity (Wildman–Crippen MR) is 139 cm³/mol. The summed E-state index contributed by atoms with van der Waals surface area (Å²) in [6.07, 6.45) is 0.434. The van der Waals surface area contributed by atoms with Gasteiger partial charge in [0.1, 0.15) is 28.6 Å². The van der Waals surface area contributed by atoms with Crippen LogP contribution in [0.15, 0.2) is 23.0 Å². The summed E-state index contributed by atoms with van der Waals surface area (Å²) < 4.78 is 0. The number of aliphatic hydroxyl groups excluding tert-OH is 2. The zero-order chi connectivity index (χ0) is 28.1. The van der Waals surface area contributed by atoms with Gasteiger partial charge in [0.2, 0.25) is 5.78 Å². The molecule has 38 heavy (non-hydrogen) atoms. The van der Waals surface area contributed by atoms with Crippen molar-refractivity contribution < 1.29 is 39.6 Å². The number of nitrogens with one attached hydrogen (secondary N) is 1. The van der Waals surface area contributed by atoms with Crippen LogP contribution in [-0.2, 0) is 32.0 Å². The molecule has 1 aromatic rings. The Labute approximate surface area is 220 Å². The number of ketones is 4. The highest BCUT2D eigenvalue weighted by Gasteiger charge is 2.60. The molecule has 10 nitrogen and oxygen atoms in total. The van der Waals surface area contributed by atoms with Gasteiger partial charge in [0.15, 0.2) is 17.2 Å². The summed E-state index contributed by atoms with van der Waals surface area (Å²) in [6, 6.07) is 1.77. The van der Waals surface area contributed by atoms with E-state index < -0.39 is 51.9 Å². The SMILES string of the molecule is CCNCC(=O)CCc1cc(N(C)C)c2c(c1O)C(O)=C1C(=O)[C@]3(O)C(O)=C(C(C)=O)C(=O)C[C@@H]3C[C@@H]1C2. The number of phenols is 1. The largest absolute Gasteiger partial charge is 0.508 e. The summed E-state index contributed by atoms with van der Waals surface area (Å²) in [6.45, 7) is 3.82. The second-order valence-corrected chi connectivity index (χ2v) is 10.6. The molecule has 4 rings (SSSR count). The predicted octanol–water partition coefficient (Wildman–Crippen LogP) is 1.70. The topological polar surface area (TPSA) is 164 Å². The van der Waals surface area contributed by atoms with Crippen molar-refractivity contribution in [3.63, 3.8) is 0 Å². The first kappa shape index (κ1) is 27.5. The molecule has 3 atom stereocenters. The van der Waals surface area contributed by atoms with E-state index in [4.69, 9.17) is 0 Å². The summed E-state index contributed by atoms with van der Waals surface area (Å²) in [5.41, 5.74) is -1.50. The van der Waals surface area contributed by atoms with Crippen LogP contribution in [0.1, 0.15) is 49.8 Å². The monoisotopic (exact) mass is 526 g/mol. The second kappa shape index (κ2) is 9.99. The fraction of sp³-hybridized carbons (Fsp3) is 0.500. The Kier molecular flexibility index (Phi) is 7.24. The molecule has 0 bridgehead atoms. The maximum absolute atomic E-state index is 13.7.